The van der Waals surface area contributed by atoms with Crippen LogP contribution in [0.1, 0.15) is 19.4 Å². The van der Waals surface area contributed by atoms with Gasteiger partial charge in [0, 0.05) is 11.7 Å². The smallest absolute Gasteiger partial charge is 0.285 e. The number of fused-ring (bicyclic) bond motifs is 1. The number of rotatable bonds is 4. The number of benzene rings is 2. The van der Waals surface area contributed by atoms with Crippen molar-refractivity contribution in [2.24, 2.45) is 0 Å². The molecule has 0 aliphatic carbocycles. The van der Waals surface area contributed by atoms with E-state index < -0.39 is 0 Å². The Balaban J connectivity index is 1.43. The number of carbonyl (C=O) groups is 1. The van der Waals surface area contributed by atoms with Gasteiger partial charge in [-0.1, -0.05) is 30.3 Å². The summed E-state index contributed by atoms with van der Waals surface area (Å²) in [5.74, 6) is 1.16. The SMILES string of the molecule is COc1ccccc1N1CC[NH+]([C@@H](C)C(=O)N2c3ccccc3C[C@@H]2C)CC1. The Hall–Kier alpha value is -2.53. The summed E-state index contributed by atoms with van der Waals surface area (Å²) in [4.78, 5) is 19.1. The summed E-state index contributed by atoms with van der Waals surface area (Å²) >= 11 is 0. The van der Waals surface area contributed by atoms with E-state index in [9.17, 15) is 4.79 Å². The quantitative estimate of drug-likeness (QED) is 0.878. The van der Waals surface area contributed by atoms with Crippen LogP contribution in [0.5, 0.6) is 5.75 Å². The summed E-state index contributed by atoms with van der Waals surface area (Å²) in [5, 5.41) is 0. The van der Waals surface area contributed by atoms with E-state index in [1.807, 2.05) is 23.1 Å². The lowest BCUT2D eigenvalue weighted by molar-refractivity contribution is -0.914. The van der Waals surface area contributed by atoms with Gasteiger partial charge in [0.15, 0.2) is 6.04 Å². The maximum Gasteiger partial charge on any atom is 0.285 e. The standard InChI is InChI=1S/C23H29N3O2/c1-17-16-19-8-4-5-9-20(19)26(17)23(27)18(2)24-12-14-25(15-13-24)21-10-6-7-11-22(21)28-3/h4-11,17-18H,12-16H2,1-3H3/p+1/t17-,18-/m0/s1. The molecule has 4 rings (SSSR count). The van der Waals surface area contributed by atoms with Crippen molar-refractivity contribution < 1.29 is 14.4 Å². The van der Waals surface area contributed by atoms with E-state index in [0.717, 1.165) is 49.7 Å². The van der Waals surface area contributed by atoms with Crippen LogP contribution in [0.4, 0.5) is 11.4 Å². The van der Waals surface area contributed by atoms with Crippen LogP contribution in [0.25, 0.3) is 0 Å². The predicted octanol–water partition coefficient (Wildman–Crippen LogP) is 1.77. The van der Waals surface area contributed by atoms with Crippen LogP contribution in [0.15, 0.2) is 48.5 Å². The van der Waals surface area contributed by atoms with Crippen LogP contribution in [0.3, 0.4) is 0 Å². The second-order valence-electron chi connectivity index (χ2n) is 7.93. The first-order valence-corrected chi connectivity index (χ1v) is 10.2. The predicted molar refractivity (Wildman–Crippen MR) is 112 cm³/mol. The molecule has 0 bridgehead atoms. The van der Waals surface area contributed by atoms with E-state index in [4.69, 9.17) is 4.74 Å². The molecule has 0 unspecified atom stereocenters. The molecule has 5 nitrogen and oxygen atoms in total. The van der Waals surface area contributed by atoms with Gasteiger partial charge in [-0.2, -0.15) is 0 Å². The van der Waals surface area contributed by atoms with Crippen LogP contribution in [0, 0.1) is 0 Å². The number of nitrogens with zero attached hydrogens (tertiary/aromatic N) is 2. The van der Waals surface area contributed by atoms with Gasteiger partial charge in [-0.15, -0.1) is 0 Å². The number of amides is 1. The maximum atomic E-state index is 13.3. The molecule has 1 fully saturated rings. The molecule has 2 aliphatic rings. The molecule has 2 heterocycles. The van der Waals surface area contributed by atoms with E-state index in [1.165, 1.54) is 10.5 Å². The molecule has 2 aliphatic heterocycles. The second kappa shape index (κ2) is 7.84. The number of hydrogen-bond donors (Lipinski definition) is 1. The fourth-order valence-corrected chi connectivity index (χ4v) is 4.64. The summed E-state index contributed by atoms with van der Waals surface area (Å²) < 4.78 is 5.51. The number of hydrogen-bond acceptors (Lipinski definition) is 3. The molecule has 0 saturated carbocycles. The average molecular weight is 381 g/mol. The minimum Gasteiger partial charge on any atom is -0.495 e. The van der Waals surface area contributed by atoms with Gasteiger partial charge in [-0.05, 0) is 44.0 Å². The van der Waals surface area contributed by atoms with E-state index in [-0.39, 0.29) is 18.0 Å². The van der Waals surface area contributed by atoms with Gasteiger partial charge in [0.25, 0.3) is 5.91 Å². The van der Waals surface area contributed by atoms with Crippen molar-refractivity contribution in [2.45, 2.75) is 32.4 Å². The summed E-state index contributed by atoms with van der Waals surface area (Å²) in [6.45, 7) is 8.01. The second-order valence-corrected chi connectivity index (χ2v) is 7.93. The number of piperazine rings is 1. The molecule has 148 valence electrons. The fourth-order valence-electron chi connectivity index (χ4n) is 4.64. The molecule has 2 aromatic carbocycles. The summed E-state index contributed by atoms with van der Waals surface area (Å²) in [5.41, 5.74) is 3.52. The Morgan fingerprint density at radius 3 is 2.43 bits per heavy atom. The van der Waals surface area contributed by atoms with Gasteiger partial charge < -0.3 is 19.4 Å². The number of carbonyl (C=O) groups excluding carboxylic acids is 1. The summed E-state index contributed by atoms with van der Waals surface area (Å²) in [6.07, 6.45) is 0.950. The molecule has 1 saturated heterocycles. The molecule has 0 radical (unpaired) electrons. The van der Waals surface area contributed by atoms with Crippen molar-refractivity contribution in [3.63, 3.8) is 0 Å². The number of quaternary nitrogens is 1. The van der Waals surface area contributed by atoms with Crippen molar-refractivity contribution >= 4 is 17.3 Å². The maximum absolute atomic E-state index is 13.3. The number of anilines is 2. The molecule has 1 amide bonds. The largest absolute Gasteiger partial charge is 0.495 e. The molecule has 2 aromatic rings. The van der Waals surface area contributed by atoms with Gasteiger partial charge in [-0.25, -0.2) is 0 Å². The van der Waals surface area contributed by atoms with Gasteiger partial charge in [0.2, 0.25) is 0 Å². The lowest BCUT2D eigenvalue weighted by Gasteiger charge is -2.37. The highest BCUT2D eigenvalue weighted by Gasteiger charge is 2.38. The zero-order valence-electron chi connectivity index (χ0n) is 17.0. The molecule has 5 heteroatoms. The lowest BCUT2D eigenvalue weighted by Crippen LogP contribution is -3.19. The fraction of sp³-hybridized carbons (Fsp3) is 0.435. The third kappa shape index (κ3) is 3.35. The number of ether oxygens (including phenoxy) is 1. The van der Waals surface area contributed by atoms with Crippen LogP contribution >= 0.6 is 0 Å². The Morgan fingerprint density at radius 2 is 1.71 bits per heavy atom. The van der Waals surface area contributed by atoms with Crippen molar-refractivity contribution in [3.8, 4) is 5.75 Å². The van der Waals surface area contributed by atoms with E-state index in [1.54, 1.807) is 7.11 Å². The topological polar surface area (TPSA) is 37.2 Å². The van der Waals surface area contributed by atoms with Crippen molar-refractivity contribution in [2.75, 3.05) is 43.1 Å². The van der Waals surface area contributed by atoms with E-state index in [0.29, 0.717) is 0 Å². The van der Waals surface area contributed by atoms with Crippen LogP contribution in [-0.4, -0.2) is 51.3 Å². The Bertz CT molecular complexity index is 845. The molecule has 28 heavy (non-hydrogen) atoms. The van der Waals surface area contributed by atoms with E-state index >= 15 is 0 Å². The first-order chi connectivity index (χ1) is 13.6. The third-order valence-electron chi connectivity index (χ3n) is 6.26. The lowest BCUT2D eigenvalue weighted by atomic mass is 10.1. The van der Waals surface area contributed by atoms with Crippen LogP contribution in [0.2, 0.25) is 0 Å². The minimum absolute atomic E-state index is 0.0339. The van der Waals surface area contributed by atoms with Gasteiger partial charge in [0.05, 0.1) is 39.0 Å². The number of methoxy groups -OCH3 is 1. The average Bonchev–Trinajstić information content (AvgIpc) is 3.08. The van der Waals surface area contributed by atoms with E-state index in [2.05, 4.69) is 49.1 Å². The Kier molecular flexibility index (Phi) is 5.27. The van der Waals surface area contributed by atoms with Crippen LogP contribution < -0.4 is 19.4 Å². The molecule has 2 atom stereocenters. The van der Waals surface area contributed by atoms with Crippen molar-refractivity contribution in [1.29, 1.82) is 0 Å². The minimum atomic E-state index is -0.0339. The van der Waals surface area contributed by atoms with Crippen molar-refractivity contribution in [1.82, 2.24) is 0 Å². The molecular formula is C23H30N3O2+. The third-order valence-corrected chi connectivity index (χ3v) is 6.26. The zero-order valence-corrected chi connectivity index (χ0v) is 17.0. The van der Waals surface area contributed by atoms with Gasteiger partial charge in [0.1, 0.15) is 5.75 Å². The molecule has 0 spiro atoms. The highest BCUT2D eigenvalue weighted by molar-refractivity contribution is 5.98. The Labute approximate surface area is 167 Å². The summed E-state index contributed by atoms with van der Waals surface area (Å²) in [7, 11) is 1.72. The first-order valence-electron chi connectivity index (χ1n) is 10.2. The highest BCUT2D eigenvalue weighted by atomic mass is 16.5. The van der Waals surface area contributed by atoms with Gasteiger partial charge in [-0.3, -0.25) is 4.79 Å². The number of nitrogens with one attached hydrogen (secondary N) is 1. The molecule has 0 aromatic heterocycles. The molecule has 1 N–H and O–H groups in total. The number of para-hydroxylation sites is 3. The Morgan fingerprint density at radius 1 is 1.07 bits per heavy atom. The van der Waals surface area contributed by atoms with Crippen molar-refractivity contribution in [3.05, 3.63) is 54.1 Å². The normalized spacial score (nSPS) is 20.8. The monoisotopic (exact) mass is 380 g/mol. The highest BCUT2D eigenvalue weighted by Crippen LogP contribution is 2.32. The molecular weight excluding hydrogens is 350 g/mol. The zero-order chi connectivity index (χ0) is 19.7. The first kappa shape index (κ1) is 18.8. The van der Waals surface area contributed by atoms with Gasteiger partial charge >= 0.3 is 0 Å². The van der Waals surface area contributed by atoms with Crippen LogP contribution in [-0.2, 0) is 11.2 Å². The summed E-state index contributed by atoms with van der Waals surface area (Å²) in [6, 6.07) is 16.7.